The Morgan fingerprint density at radius 3 is 2.28 bits per heavy atom. The maximum Gasteiger partial charge on any atom is 0.0704 e. The Hall–Kier alpha value is -0.160. The number of nitrogens with one attached hydrogen (secondary N) is 1. The first-order valence-corrected chi connectivity index (χ1v) is 6.93. The molecule has 0 saturated heterocycles. The molecule has 110 valence electrons. The van der Waals surface area contributed by atoms with E-state index >= 15 is 0 Å². The molecule has 0 aromatic carbocycles. The second-order valence-corrected chi connectivity index (χ2v) is 5.52. The van der Waals surface area contributed by atoms with E-state index in [-0.39, 0.29) is 11.6 Å². The molecule has 0 aromatic rings. The first kappa shape index (κ1) is 17.8. The highest BCUT2D eigenvalue weighted by atomic mass is 16.5. The Bertz CT molecular complexity index is 180. The molecule has 0 aliphatic carbocycles. The summed E-state index contributed by atoms with van der Waals surface area (Å²) in [6.07, 6.45) is 2.50. The Labute approximate surface area is 112 Å². The van der Waals surface area contributed by atoms with Gasteiger partial charge in [0.1, 0.15) is 0 Å². The molecule has 0 rings (SSSR count). The minimum absolute atomic E-state index is 0.143. The summed E-state index contributed by atoms with van der Waals surface area (Å²) < 4.78 is 16.1. The molecule has 0 aliphatic heterocycles. The van der Waals surface area contributed by atoms with E-state index in [0.29, 0.717) is 26.4 Å². The predicted octanol–water partition coefficient (Wildman–Crippen LogP) is 2.22. The second-order valence-electron chi connectivity index (χ2n) is 5.52. The number of rotatable bonds is 11. The van der Waals surface area contributed by atoms with E-state index in [9.17, 15) is 0 Å². The first-order valence-electron chi connectivity index (χ1n) is 6.93. The van der Waals surface area contributed by atoms with Crippen LogP contribution in [0.3, 0.4) is 0 Å². The molecule has 0 spiro atoms. The van der Waals surface area contributed by atoms with Gasteiger partial charge in [0.25, 0.3) is 0 Å². The fourth-order valence-corrected chi connectivity index (χ4v) is 1.50. The highest BCUT2D eigenvalue weighted by Gasteiger charge is 2.13. The van der Waals surface area contributed by atoms with Crippen molar-refractivity contribution < 1.29 is 14.2 Å². The number of hydrogen-bond donors (Lipinski definition) is 1. The van der Waals surface area contributed by atoms with Crippen LogP contribution in [-0.2, 0) is 14.2 Å². The fourth-order valence-electron chi connectivity index (χ4n) is 1.50. The van der Waals surface area contributed by atoms with Gasteiger partial charge in [-0.3, -0.25) is 0 Å². The molecule has 0 aromatic heterocycles. The lowest BCUT2D eigenvalue weighted by molar-refractivity contribution is -0.0104. The van der Waals surface area contributed by atoms with Crippen molar-refractivity contribution >= 4 is 0 Å². The van der Waals surface area contributed by atoms with Crippen molar-refractivity contribution in [3.63, 3.8) is 0 Å². The molecule has 0 aliphatic rings. The standard InChI is InChI=1S/C14H31NO3/c1-6-7-13(12-15-14(2,3)4)18-11-10-17-9-8-16-5/h13,15H,6-12H2,1-5H3. The Morgan fingerprint density at radius 1 is 1.06 bits per heavy atom. The zero-order valence-electron chi connectivity index (χ0n) is 12.8. The van der Waals surface area contributed by atoms with Gasteiger partial charge >= 0.3 is 0 Å². The van der Waals surface area contributed by atoms with E-state index in [1.807, 2.05) is 0 Å². The van der Waals surface area contributed by atoms with Crippen LogP contribution in [-0.4, -0.2) is 51.7 Å². The molecule has 0 amide bonds. The van der Waals surface area contributed by atoms with Crippen LogP contribution in [0, 0.1) is 0 Å². The third-order valence-corrected chi connectivity index (χ3v) is 2.48. The molecule has 0 bridgehead atoms. The van der Waals surface area contributed by atoms with E-state index in [1.54, 1.807) is 7.11 Å². The molecular weight excluding hydrogens is 230 g/mol. The molecule has 1 N–H and O–H groups in total. The second kappa shape index (κ2) is 10.7. The summed E-state index contributed by atoms with van der Waals surface area (Å²) in [4.78, 5) is 0. The minimum Gasteiger partial charge on any atom is -0.382 e. The topological polar surface area (TPSA) is 39.7 Å². The summed E-state index contributed by atoms with van der Waals surface area (Å²) >= 11 is 0. The van der Waals surface area contributed by atoms with Crippen LogP contribution in [0.1, 0.15) is 40.5 Å². The van der Waals surface area contributed by atoms with Crippen molar-refractivity contribution in [3.8, 4) is 0 Å². The lowest BCUT2D eigenvalue weighted by Gasteiger charge is -2.25. The highest BCUT2D eigenvalue weighted by molar-refractivity contribution is 4.73. The van der Waals surface area contributed by atoms with Crippen molar-refractivity contribution in [1.82, 2.24) is 5.32 Å². The molecule has 0 fully saturated rings. The number of ether oxygens (including phenoxy) is 3. The lowest BCUT2D eigenvalue weighted by Crippen LogP contribution is -2.41. The molecule has 0 heterocycles. The quantitative estimate of drug-likeness (QED) is 0.579. The lowest BCUT2D eigenvalue weighted by atomic mass is 10.1. The van der Waals surface area contributed by atoms with E-state index in [0.717, 1.165) is 19.4 Å². The predicted molar refractivity (Wildman–Crippen MR) is 75.1 cm³/mol. The summed E-state index contributed by atoms with van der Waals surface area (Å²) in [5.41, 5.74) is 0.143. The summed E-state index contributed by atoms with van der Waals surface area (Å²) in [6.45, 7) is 12.2. The van der Waals surface area contributed by atoms with Gasteiger partial charge in [0.15, 0.2) is 0 Å². The van der Waals surface area contributed by atoms with Crippen molar-refractivity contribution in [3.05, 3.63) is 0 Å². The molecule has 18 heavy (non-hydrogen) atoms. The van der Waals surface area contributed by atoms with Gasteiger partial charge in [-0.2, -0.15) is 0 Å². The van der Waals surface area contributed by atoms with Gasteiger partial charge in [0, 0.05) is 19.2 Å². The monoisotopic (exact) mass is 261 g/mol. The summed E-state index contributed by atoms with van der Waals surface area (Å²) in [5.74, 6) is 0. The third kappa shape index (κ3) is 12.3. The Morgan fingerprint density at radius 2 is 1.72 bits per heavy atom. The average Bonchev–Trinajstić information content (AvgIpc) is 2.29. The van der Waals surface area contributed by atoms with Crippen LogP contribution in [0.5, 0.6) is 0 Å². The zero-order chi connectivity index (χ0) is 13.9. The van der Waals surface area contributed by atoms with Gasteiger partial charge in [-0.25, -0.2) is 0 Å². The van der Waals surface area contributed by atoms with Gasteiger partial charge in [-0.1, -0.05) is 13.3 Å². The van der Waals surface area contributed by atoms with Gasteiger partial charge in [0.05, 0.1) is 32.5 Å². The first-order chi connectivity index (χ1) is 8.49. The van der Waals surface area contributed by atoms with Crippen molar-refractivity contribution in [2.75, 3.05) is 40.1 Å². The normalized spacial score (nSPS) is 13.8. The van der Waals surface area contributed by atoms with E-state index in [2.05, 4.69) is 33.0 Å². The minimum atomic E-state index is 0.143. The largest absolute Gasteiger partial charge is 0.382 e. The van der Waals surface area contributed by atoms with Crippen LogP contribution in [0.4, 0.5) is 0 Å². The number of hydrogen-bond acceptors (Lipinski definition) is 4. The maximum absolute atomic E-state index is 5.83. The molecule has 4 heteroatoms. The van der Waals surface area contributed by atoms with Crippen molar-refractivity contribution in [1.29, 1.82) is 0 Å². The van der Waals surface area contributed by atoms with Crippen LogP contribution in [0.25, 0.3) is 0 Å². The molecule has 0 saturated carbocycles. The van der Waals surface area contributed by atoms with E-state index in [4.69, 9.17) is 14.2 Å². The molecular formula is C14H31NO3. The highest BCUT2D eigenvalue weighted by Crippen LogP contribution is 2.05. The zero-order valence-corrected chi connectivity index (χ0v) is 12.8. The fraction of sp³-hybridized carbons (Fsp3) is 1.00. The van der Waals surface area contributed by atoms with Crippen LogP contribution in [0.15, 0.2) is 0 Å². The summed E-state index contributed by atoms with van der Waals surface area (Å²) in [6, 6.07) is 0. The van der Waals surface area contributed by atoms with Gasteiger partial charge in [-0.15, -0.1) is 0 Å². The molecule has 0 radical (unpaired) electrons. The van der Waals surface area contributed by atoms with Gasteiger partial charge in [-0.05, 0) is 27.2 Å². The third-order valence-electron chi connectivity index (χ3n) is 2.48. The average molecular weight is 261 g/mol. The van der Waals surface area contributed by atoms with Crippen LogP contribution in [0.2, 0.25) is 0 Å². The molecule has 1 unspecified atom stereocenters. The van der Waals surface area contributed by atoms with E-state index < -0.39 is 0 Å². The van der Waals surface area contributed by atoms with Crippen LogP contribution < -0.4 is 5.32 Å². The number of methoxy groups -OCH3 is 1. The van der Waals surface area contributed by atoms with Gasteiger partial charge in [0.2, 0.25) is 0 Å². The molecule has 4 nitrogen and oxygen atoms in total. The van der Waals surface area contributed by atoms with Crippen LogP contribution >= 0.6 is 0 Å². The Kier molecular flexibility index (Phi) is 10.6. The SMILES string of the molecule is CCCC(CNC(C)(C)C)OCCOCCOC. The van der Waals surface area contributed by atoms with Crippen molar-refractivity contribution in [2.24, 2.45) is 0 Å². The summed E-state index contributed by atoms with van der Waals surface area (Å²) in [5, 5.41) is 3.48. The summed E-state index contributed by atoms with van der Waals surface area (Å²) in [7, 11) is 1.68. The molecule has 1 atom stereocenters. The van der Waals surface area contributed by atoms with Gasteiger partial charge < -0.3 is 19.5 Å². The smallest absolute Gasteiger partial charge is 0.0704 e. The van der Waals surface area contributed by atoms with E-state index in [1.165, 1.54) is 0 Å². The van der Waals surface area contributed by atoms with Crippen molar-refractivity contribution in [2.45, 2.75) is 52.2 Å². The maximum atomic E-state index is 5.83. The Balaban J connectivity index is 3.63.